The quantitative estimate of drug-likeness (QED) is 0.584. The molecule has 2 N–H and O–H groups in total. The summed E-state index contributed by atoms with van der Waals surface area (Å²) in [5.41, 5.74) is 0. The second-order valence-electron chi connectivity index (χ2n) is 3.42. The van der Waals surface area contributed by atoms with Crippen molar-refractivity contribution in [1.29, 1.82) is 0 Å². The molecule has 15 heavy (non-hydrogen) atoms. The largest absolute Gasteiger partial charge is 0.480 e. The van der Waals surface area contributed by atoms with Gasteiger partial charge in [0, 0.05) is 19.4 Å². The van der Waals surface area contributed by atoms with Gasteiger partial charge in [0.2, 0.25) is 5.91 Å². The fourth-order valence-electron chi connectivity index (χ4n) is 0.910. The van der Waals surface area contributed by atoms with Gasteiger partial charge in [0.05, 0.1) is 0 Å². The van der Waals surface area contributed by atoms with Gasteiger partial charge in [0.15, 0.2) is 0 Å². The van der Waals surface area contributed by atoms with Crippen molar-refractivity contribution in [2.75, 3.05) is 20.6 Å². The Balaban J connectivity index is 4.01. The molecule has 84 valence electrons. The van der Waals surface area contributed by atoms with Gasteiger partial charge in [-0.2, -0.15) is 0 Å². The lowest BCUT2D eigenvalue weighted by molar-refractivity contribution is -0.141. The highest BCUT2D eigenvalue weighted by Gasteiger charge is 2.18. The van der Waals surface area contributed by atoms with E-state index in [1.165, 1.54) is 0 Å². The number of hydrogen-bond acceptors (Lipinski definition) is 3. The van der Waals surface area contributed by atoms with Crippen molar-refractivity contribution >= 4 is 11.9 Å². The van der Waals surface area contributed by atoms with E-state index in [1.54, 1.807) is 0 Å². The summed E-state index contributed by atoms with van der Waals surface area (Å²) >= 11 is 0. The molecule has 0 fully saturated rings. The molecule has 0 aliphatic carbocycles. The molecule has 0 aliphatic rings. The Morgan fingerprint density at radius 2 is 2.13 bits per heavy atom. The molecule has 0 aliphatic heterocycles. The Kier molecular flexibility index (Phi) is 6.14. The summed E-state index contributed by atoms with van der Waals surface area (Å²) in [4.78, 5) is 23.8. The Morgan fingerprint density at radius 3 is 2.53 bits per heavy atom. The van der Waals surface area contributed by atoms with Crippen molar-refractivity contribution in [1.82, 2.24) is 10.2 Å². The smallest absolute Gasteiger partial charge is 0.327 e. The average molecular weight is 212 g/mol. The number of nitrogens with one attached hydrogen (secondary N) is 1. The maximum absolute atomic E-state index is 11.3. The predicted octanol–water partition coefficient (Wildman–Crippen LogP) is -0.469. The Labute approximate surface area is 89.4 Å². The van der Waals surface area contributed by atoms with E-state index in [-0.39, 0.29) is 18.7 Å². The van der Waals surface area contributed by atoms with Crippen LogP contribution in [0.1, 0.15) is 12.8 Å². The highest BCUT2D eigenvalue weighted by Crippen LogP contribution is 1.93. The fraction of sp³-hybridized carbons (Fsp3) is 0.600. The molecule has 1 unspecified atom stereocenters. The fourth-order valence-corrected chi connectivity index (χ4v) is 0.910. The average Bonchev–Trinajstić information content (AvgIpc) is 2.14. The summed E-state index contributed by atoms with van der Waals surface area (Å²) in [6.07, 6.45) is 5.26. The van der Waals surface area contributed by atoms with Gasteiger partial charge >= 0.3 is 5.97 Å². The van der Waals surface area contributed by atoms with Crippen molar-refractivity contribution in [2.45, 2.75) is 18.9 Å². The van der Waals surface area contributed by atoms with Gasteiger partial charge in [-0.15, -0.1) is 12.3 Å². The molecule has 0 heterocycles. The van der Waals surface area contributed by atoms with Gasteiger partial charge in [0.1, 0.15) is 6.04 Å². The van der Waals surface area contributed by atoms with Gasteiger partial charge in [-0.25, -0.2) is 4.79 Å². The lowest BCUT2D eigenvalue weighted by atomic mass is 10.2. The molecular formula is C10H16N2O3. The van der Waals surface area contributed by atoms with E-state index in [9.17, 15) is 9.59 Å². The van der Waals surface area contributed by atoms with E-state index < -0.39 is 12.0 Å². The van der Waals surface area contributed by atoms with Gasteiger partial charge in [0.25, 0.3) is 0 Å². The number of hydrogen-bond donors (Lipinski definition) is 2. The standard InChI is InChI=1S/C10H16N2O3/c1-4-5-8(10(14)15)11-9(13)6-7-12(2)3/h1,8H,5-7H2,2-3H3,(H,11,13)(H,14,15). The maximum Gasteiger partial charge on any atom is 0.327 e. The summed E-state index contributed by atoms with van der Waals surface area (Å²) in [6.45, 7) is 0.578. The molecule has 0 saturated heterocycles. The number of rotatable bonds is 6. The summed E-state index contributed by atoms with van der Waals surface area (Å²) in [7, 11) is 3.67. The van der Waals surface area contributed by atoms with Crippen molar-refractivity contribution in [3.63, 3.8) is 0 Å². The van der Waals surface area contributed by atoms with E-state index in [4.69, 9.17) is 11.5 Å². The van der Waals surface area contributed by atoms with E-state index in [2.05, 4.69) is 11.2 Å². The van der Waals surface area contributed by atoms with Crippen molar-refractivity contribution in [3.8, 4) is 12.3 Å². The van der Waals surface area contributed by atoms with Crippen LogP contribution in [0, 0.1) is 12.3 Å². The van der Waals surface area contributed by atoms with Crippen LogP contribution in [0.3, 0.4) is 0 Å². The molecule has 5 heteroatoms. The number of carboxylic acid groups (broad SMARTS) is 1. The number of nitrogens with zero attached hydrogens (tertiary/aromatic N) is 1. The Morgan fingerprint density at radius 1 is 1.53 bits per heavy atom. The zero-order valence-electron chi connectivity index (χ0n) is 8.99. The minimum atomic E-state index is -1.11. The van der Waals surface area contributed by atoms with Crippen LogP contribution in [0.25, 0.3) is 0 Å². The number of carbonyl (C=O) groups is 2. The zero-order valence-corrected chi connectivity index (χ0v) is 8.99. The van der Waals surface area contributed by atoms with Crippen LogP contribution < -0.4 is 5.32 Å². The lowest BCUT2D eigenvalue weighted by Crippen LogP contribution is -2.41. The minimum Gasteiger partial charge on any atom is -0.480 e. The van der Waals surface area contributed by atoms with Crippen molar-refractivity contribution < 1.29 is 14.7 Å². The number of aliphatic carboxylic acids is 1. The van der Waals surface area contributed by atoms with Gasteiger partial charge in [-0.3, -0.25) is 4.79 Å². The number of terminal acetylenes is 1. The van der Waals surface area contributed by atoms with Gasteiger partial charge < -0.3 is 15.3 Å². The number of carbonyl (C=O) groups excluding carboxylic acids is 1. The summed E-state index contributed by atoms with van der Waals surface area (Å²) in [6, 6.07) is -0.982. The molecule has 1 amide bonds. The number of amides is 1. The maximum atomic E-state index is 11.3. The third-order valence-electron chi connectivity index (χ3n) is 1.74. The normalized spacial score (nSPS) is 11.9. The summed E-state index contributed by atoms with van der Waals surface area (Å²) in [5, 5.41) is 11.1. The van der Waals surface area contributed by atoms with Crippen LogP contribution >= 0.6 is 0 Å². The van der Waals surface area contributed by atoms with Crippen LogP contribution in [-0.4, -0.2) is 48.6 Å². The monoisotopic (exact) mass is 212 g/mol. The first-order valence-corrected chi connectivity index (χ1v) is 4.57. The summed E-state index contributed by atoms with van der Waals surface area (Å²) in [5.74, 6) is 0.808. The molecular weight excluding hydrogens is 196 g/mol. The molecule has 5 nitrogen and oxygen atoms in total. The molecule has 0 aromatic heterocycles. The van der Waals surface area contributed by atoms with Crippen LogP contribution in [0.2, 0.25) is 0 Å². The third-order valence-corrected chi connectivity index (χ3v) is 1.74. The molecule has 0 saturated carbocycles. The van der Waals surface area contributed by atoms with Crippen LogP contribution in [0.15, 0.2) is 0 Å². The van der Waals surface area contributed by atoms with Crippen LogP contribution in [-0.2, 0) is 9.59 Å². The first-order valence-electron chi connectivity index (χ1n) is 4.57. The number of carboxylic acids is 1. The second kappa shape index (κ2) is 6.85. The second-order valence-corrected chi connectivity index (χ2v) is 3.42. The Hall–Kier alpha value is -1.54. The topological polar surface area (TPSA) is 69.6 Å². The first-order chi connectivity index (χ1) is 6.97. The highest BCUT2D eigenvalue weighted by molar-refractivity contribution is 5.83. The van der Waals surface area contributed by atoms with Crippen LogP contribution in [0.4, 0.5) is 0 Å². The van der Waals surface area contributed by atoms with E-state index >= 15 is 0 Å². The van der Waals surface area contributed by atoms with E-state index in [0.29, 0.717) is 6.54 Å². The van der Waals surface area contributed by atoms with Crippen molar-refractivity contribution in [2.24, 2.45) is 0 Å². The molecule has 0 aromatic carbocycles. The molecule has 0 aromatic rings. The molecule has 1 atom stereocenters. The minimum absolute atomic E-state index is 0.00301. The highest BCUT2D eigenvalue weighted by atomic mass is 16.4. The van der Waals surface area contributed by atoms with Gasteiger partial charge in [-0.05, 0) is 14.1 Å². The molecule has 0 spiro atoms. The van der Waals surface area contributed by atoms with Crippen molar-refractivity contribution in [3.05, 3.63) is 0 Å². The zero-order chi connectivity index (χ0) is 11.8. The predicted molar refractivity (Wildman–Crippen MR) is 56.2 cm³/mol. The summed E-state index contributed by atoms with van der Waals surface area (Å²) < 4.78 is 0. The molecule has 0 bridgehead atoms. The van der Waals surface area contributed by atoms with E-state index in [1.807, 2.05) is 19.0 Å². The molecule has 0 radical (unpaired) electrons. The first kappa shape index (κ1) is 13.5. The Bertz CT molecular complexity index is 268. The SMILES string of the molecule is C#CCC(NC(=O)CCN(C)C)C(=O)O. The van der Waals surface area contributed by atoms with E-state index in [0.717, 1.165) is 0 Å². The van der Waals surface area contributed by atoms with Gasteiger partial charge in [-0.1, -0.05) is 0 Å². The molecule has 0 rings (SSSR count). The lowest BCUT2D eigenvalue weighted by Gasteiger charge is -2.13. The third kappa shape index (κ3) is 6.52. The van der Waals surface area contributed by atoms with Crippen LogP contribution in [0.5, 0.6) is 0 Å².